The van der Waals surface area contributed by atoms with Crippen molar-refractivity contribution in [2.24, 2.45) is 0 Å². The molecule has 0 aromatic rings. The summed E-state index contributed by atoms with van der Waals surface area (Å²) in [5.41, 5.74) is 0. The lowest BCUT2D eigenvalue weighted by molar-refractivity contribution is 1.50. The monoisotopic (exact) mass is 264 g/mol. The van der Waals surface area contributed by atoms with Crippen molar-refractivity contribution in [3.8, 4) is 0 Å². The molecule has 0 rings (SSSR count). The van der Waals surface area contributed by atoms with Crippen molar-refractivity contribution >= 4 is 49.6 Å². The molecule has 0 N–H and O–H groups in total. The molecule has 88 valence electrons. The van der Waals surface area contributed by atoms with Gasteiger partial charge in [0.15, 0.2) is 0 Å². The van der Waals surface area contributed by atoms with E-state index in [0.29, 0.717) is 0 Å². The summed E-state index contributed by atoms with van der Waals surface area (Å²) in [6.07, 6.45) is 0. The lowest BCUT2D eigenvalue weighted by Gasteiger charge is -1.07. The molecule has 0 unspecified atom stereocenters. The van der Waals surface area contributed by atoms with Crippen LogP contribution in [0.5, 0.6) is 0 Å². The first-order valence-corrected chi connectivity index (χ1v) is 4.00. The first kappa shape index (κ1) is 73.1. The minimum absolute atomic E-state index is 0. The Bertz CT molecular complexity index is 11.0. The Labute approximate surface area is 105 Å². The summed E-state index contributed by atoms with van der Waals surface area (Å²) >= 11 is 0. The fraction of sp³-hybridized carbons (Fsp3) is 1.00. The summed E-state index contributed by atoms with van der Waals surface area (Å²) in [7, 11) is 0. The van der Waals surface area contributed by atoms with E-state index in [1.165, 1.54) is 0 Å². The van der Waals surface area contributed by atoms with Crippen LogP contribution in [0.2, 0.25) is 0 Å². The van der Waals surface area contributed by atoms with Crippen molar-refractivity contribution in [1.29, 1.82) is 0 Å². The minimum atomic E-state index is 0. The molecule has 4 heteroatoms. The van der Waals surface area contributed by atoms with Crippen molar-refractivity contribution in [3.05, 3.63) is 0 Å². The largest absolute Gasteiger partial charge is 0.147 e. The number of hydrogen-bond acceptors (Lipinski definition) is 0. The summed E-state index contributed by atoms with van der Waals surface area (Å²) in [5.74, 6) is 0. The first-order chi connectivity index (χ1) is 4.00. The Kier molecular flexibility index (Phi) is 6850. The molecule has 12 heavy (non-hydrogen) atoms. The van der Waals surface area contributed by atoms with Crippen molar-refractivity contribution in [1.82, 2.24) is 0 Å². The van der Waals surface area contributed by atoms with Gasteiger partial charge in [0, 0.05) is 0 Å². The summed E-state index contributed by atoms with van der Waals surface area (Å²) in [4.78, 5) is 0. The van der Waals surface area contributed by atoms with Gasteiger partial charge in [-0.05, 0) is 0 Å². The molecule has 0 heterocycles. The van der Waals surface area contributed by atoms with E-state index in [1.807, 2.05) is 55.4 Å². The zero-order valence-electron chi connectivity index (χ0n) is 9.63. The lowest BCUT2D eigenvalue weighted by Crippen LogP contribution is -0.856. The molecule has 0 aliphatic rings. The standard InChI is InChI=1S/4C2H6.4ClH/c4*1-2;;;;/h4*1-2H3;4*1H. The Balaban J connectivity index is -0.00000000267. The SMILES string of the molecule is CC.CC.CC.CC.Cl.Cl.Cl.Cl. The molecule has 0 nitrogen and oxygen atoms in total. The van der Waals surface area contributed by atoms with E-state index in [9.17, 15) is 0 Å². The molecule has 0 aliphatic carbocycles. The van der Waals surface area contributed by atoms with E-state index in [0.717, 1.165) is 0 Å². The number of halogens is 4. The molecular formula is C8H28Cl4. The normalized spacial score (nSPS) is 2.00. The van der Waals surface area contributed by atoms with Crippen LogP contribution in [0.15, 0.2) is 0 Å². The van der Waals surface area contributed by atoms with Crippen molar-refractivity contribution < 1.29 is 0 Å². The van der Waals surface area contributed by atoms with Crippen LogP contribution in [0.3, 0.4) is 0 Å². The second kappa shape index (κ2) is 1130. The molecule has 0 aromatic carbocycles. The molecular weight excluding hydrogens is 238 g/mol. The topological polar surface area (TPSA) is 0 Å². The van der Waals surface area contributed by atoms with Gasteiger partial charge < -0.3 is 0 Å². The molecule has 0 amide bonds. The van der Waals surface area contributed by atoms with Gasteiger partial charge in [0.1, 0.15) is 0 Å². The van der Waals surface area contributed by atoms with Gasteiger partial charge in [-0.2, -0.15) is 0 Å². The van der Waals surface area contributed by atoms with E-state index in [1.54, 1.807) is 0 Å². The Hall–Kier alpha value is 1.16. The summed E-state index contributed by atoms with van der Waals surface area (Å²) < 4.78 is 0. The van der Waals surface area contributed by atoms with Crippen LogP contribution in [0.25, 0.3) is 0 Å². The predicted octanol–water partition coefficient (Wildman–Crippen LogP) is 5.79. The van der Waals surface area contributed by atoms with Gasteiger partial charge in [-0.25, -0.2) is 0 Å². The fourth-order valence-corrected chi connectivity index (χ4v) is 0. The van der Waals surface area contributed by atoms with Gasteiger partial charge in [0.2, 0.25) is 0 Å². The maximum Gasteiger partial charge on any atom is -0.0683 e. The fourth-order valence-electron chi connectivity index (χ4n) is 0. The molecule has 0 bridgehead atoms. The molecule has 0 aromatic heterocycles. The van der Waals surface area contributed by atoms with Gasteiger partial charge in [-0.1, -0.05) is 55.4 Å². The van der Waals surface area contributed by atoms with Crippen LogP contribution >= 0.6 is 49.6 Å². The highest BCUT2D eigenvalue weighted by atomic mass is 35.5. The smallest absolute Gasteiger partial charge is 0.0683 e. The minimum Gasteiger partial charge on any atom is -0.147 e. The van der Waals surface area contributed by atoms with Crippen LogP contribution in [0.4, 0.5) is 0 Å². The summed E-state index contributed by atoms with van der Waals surface area (Å²) in [6, 6.07) is 0. The van der Waals surface area contributed by atoms with Crippen LogP contribution < -0.4 is 0 Å². The van der Waals surface area contributed by atoms with E-state index in [-0.39, 0.29) is 49.6 Å². The maximum absolute atomic E-state index is 2.00. The quantitative estimate of drug-likeness (QED) is 0.520. The van der Waals surface area contributed by atoms with E-state index in [4.69, 9.17) is 0 Å². The molecule has 0 atom stereocenters. The highest BCUT2D eigenvalue weighted by molar-refractivity contribution is 5.86. The Morgan fingerprint density at radius 2 is 0.250 bits per heavy atom. The summed E-state index contributed by atoms with van der Waals surface area (Å²) in [6.45, 7) is 16.0. The van der Waals surface area contributed by atoms with Crippen molar-refractivity contribution in [2.75, 3.05) is 0 Å². The number of rotatable bonds is 0. The van der Waals surface area contributed by atoms with Gasteiger partial charge in [0.25, 0.3) is 0 Å². The highest BCUT2D eigenvalue weighted by Gasteiger charge is 0.938. The maximum atomic E-state index is 2.00. The molecule has 0 radical (unpaired) electrons. The third-order valence-electron chi connectivity index (χ3n) is 0. The van der Waals surface area contributed by atoms with Gasteiger partial charge in [0.05, 0.1) is 0 Å². The van der Waals surface area contributed by atoms with Crippen LogP contribution in [0.1, 0.15) is 55.4 Å². The molecule has 0 fully saturated rings. The zero-order valence-corrected chi connectivity index (χ0v) is 12.9. The van der Waals surface area contributed by atoms with Crippen molar-refractivity contribution in [2.45, 2.75) is 55.4 Å². The molecule has 0 saturated heterocycles. The van der Waals surface area contributed by atoms with E-state index < -0.39 is 0 Å². The molecule has 0 aliphatic heterocycles. The average Bonchev–Trinajstić information content (AvgIpc) is 2.03. The zero-order chi connectivity index (χ0) is 8.00. The van der Waals surface area contributed by atoms with Crippen molar-refractivity contribution in [3.63, 3.8) is 0 Å². The Morgan fingerprint density at radius 1 is 0.250 bits per heavy atom. The van der Waals surface area contributed by atoms with Gasteiger partial charge in [-0.15, -0.1) is 49.6 Å². The number of hydrogen-bond donors (Lipinski definition) is 0. The third-order valence-corrected chi connectivity index (χ3v) is 0. The van der Waals surface area contributed by atoms with E-state index in [2.05, 4.69) is 0 Å². The molecule has 0 spiro atoms. The lowest BCUT2D eigenvalue weighted by atomic mass is 11.0. The Morgan fingerprint density at radius 3 is 0.250 bits per heavy atom. The summed E-state index contributed by atoms with van der Waals surface area (Å²) in [5, 5.41) is 0. The van der Waals surface area contributed by atoms with Gasteiger partial charge >= 0.3 is 0 Å². The van der Waals surface area contributed by atoms with E-state index >= 15 is 0 Å². The second-order valence-corrected chi connectivity index (χ2v) is 0. The van der Waals surface area contributed by atoms with Gasteiger partial charge in [-0.3, -0.25) is 0 Å². The first-order valence-electron chi connectivity index (χ1n) is 4.00. The predicted molar refractivity (Wildman–Crippen MR) is 74.4 cm³/mol. The van der Waals surface area contributed by atoms with Crippen LogP contribution in [0, 0.1) is 0 Å². The highest BCUT2D eigenvalue weighted by Crippen LogP contribution is 1.15. The van der Waals surface area contributed by atoms with Crippen LogP contribution in [-0.4, -0.2) is 0 Å². The molecule has 0 saturated carbocycles. The average molecular weight is 266 g/mol. The third kappa shape index (κ3) is 856. The van der Waals surface area contributed by atoms with Crippen LogP contribution in [-0.2, 0) is 0 Å². The second-order valence-electron chi connectivity index (χ2n) is 0.